The summed E-state index contributed by atoms with van der Waals surface area (Å²) in [5.74, 6) is -0.243. The summed E-state index contributed by atoms with van der Waals surface area (Å²) in [6.07, 6.45) is 0.982. The van der Waals surface area contributed by atoms with E-state index in [1.54, 1.807) is 0 Å². The molecule has 0 radical (unpaired) electrons. The summed E-state index contributed by atoms with van der Waals surface area (Å²) >= 11 is 0. The fraction of sp³-hybridized carbons (Fsp3) is 0.500. The number of hydrogen-bond donors (Lipinski definition) is 2. The minimum atomic E-state index is -0.822. The second kappa shape index (κ2) is 6.40. The molecule has 1 atom stereocenters. The number of carbonyl (C=O) groups is 1. The molecule has 1 aromatic carbocycles. The average molecular weight is 235 g/mol. The summed E-state index contributed by atoms with van der Waals surface area (Å²) < 4.78 is 0. The largest absolute Gasteiger partial charge is 0.480 e. The van der Waals surface area contributed by atoms with E-state index >= 15 is 0 Å². The Kier molecular flexibility index (Phi) is 5.16. The van der Waals surface area contributed by atoms with E-state index in [9.17, 15) is 9.90 Å². The highest BCUT2D eigenvalue weighted by Crippen LogP contribution is 2.14. The van der Waals surface area contributed by atoms with Gasteiger partial charge in [0.2, 0.25) is 0 Å². The molecule has 94 valence electrons. The summed E-state index contributed by atoms with van der Waals surface area (Å²) in [7, 11) is 0. The molecule has 0 aliphatic carbocycles. The Morgan fingerprint density at radius 1 is 1.29 bits per heavy atom. The van der Waals surface area contributed by atoms with Gasteiger partial charge in [0.05, 0.1) is 0 Å². The monoisotopic (exact) mass is 235 g/mol. The molecule has 0 aliphatic heterocycles. The van der Waals surface area contributed by atoms with E-state index in [0.717, 1.165) is 24.1 Å². The second-order valence-corrected chi connectivity index (χ2v) is 4.82. The lowest BCUT2D eigenvalue weighted by atomic mass is 10.0. The van der Waals surface area contributed by atoms with Crippen LogP contribution in [0.3, 0.4) is 0 Å². The molecule has 1 unspecified atom stereocenters. The zero-order valence-corrected chi connectivity index (χ0v) is 10.7. The van der Waals surface area contributed by atoms with Gasteiger partial charge in [-0.1, -0.05) is 43.7 Å². The molecule has 0 aliphatic rings. The van der Waals surface area contributed by atoms with Crippen LogP contribution in [0.5, 0.6) is 0 Å². The van der Waals surface area contributed by atoms with E-state index in [1.165, 1.54) is 0 Å². The number of benzene rings is 1. The van der Waals surface area contributed by atoms with Crippen molar-refractivity contribution in [2.75, 3.05) is 6.54 Å². The highest BCUT2D eigenvalue weighted by atomic mass is 16.4. The number of aryl methyl sites for hydroxylation is 1. The van der Waals surface area contributed by atoms with Crippen LogP contribution < -0.4 is 5.32 Å². The van der Waals surface area contributed by atoms with Crippen LogP contribution in [0.4, 0.5) is 0 Å². The van der Waals surface area contributed by atoms with Crippen molar-refractivity contribution in [1.29, 1.82) is 0 Å². The maximum Gasteiger partial charge on any atom is 0.325 e. The molecule has 0 amide bonds. The summed E-state index contributed by atoms with van der Waals surface area (Å²) in [6.45, 7) is 6.97. The first kappa shape index (κ1) is 13.7. The SMILES string of the molecule is Cc1ccc(C(NCCC(C)C)C(=O)O)cc1. The quantitative estimate of drug-likeness (QED) is 0.797. The van der Waals surface area contributed by atoms with Crippen LogP contribution in [-0.2, 0) is 4.79 Å². The lowest BCUT2D eigenvalue weighted by Crippen LogP contribution is -2.29. The molecule has 0 aromatic heterocycles. The van der Waals surface area contributed by atoms with Crippen molar-refractivity contribution < 1.29 is 9.90 Å². The predicted molar refractivity (Wildman–Crippen MR) is 69.0 cm³/mol. The van der Waals surface area contributed by atoms with Gasteiger partial charge in [-0.25, -0.2) is 0 Å². The van der Waals surface area contributed by atoms with Gasteiger partial charge in [0.25, 0.3) is 0 Å². The van der Waals surface area contributed by atoms with Gasteiger partial charge in [-0.2, -0.15) is 0 Å². The lowest BCUT2D eigenvalue weighted by molar-refractivity contribution is -0.139. The summed E-state index contributed by atoms with van der Waals surface area (Å²) in [4.78, 5) is 11.2. The fourth-order valence-electron chi connectivity index (χ4n) is 1.62. The van der Waals surface area contributed by atoms with Crippen LogP contribution in [-0.4, -0.2) is 17.6 Å². The molecule has 2 N–H and O–H groups in total. The first-order valence-electron chi connectivity index (χ1n) is 6.03. The molecule has 0 bridgehead atoms. The van der Waals surface area contributed by atoms with Crippen LogP contribution in [0, 0.1) is 12.8 Å². The van der Waals surface area contributed by atoms with Crippen LogP contribution in [0.2, 0.25) is 0 Å². The highest BCUT2D eigenvalue weighted by Gasteiger charge is 2.18. The molecule has 0 saturated heterocycles. The van der Waals surface area contributed by atoms with Crippen molar-refractivity contribution in [2.45, 2.75) is 33.2 Å². The first-order chi connectivity index (χ1) is 8.00. The Bertz CT molecular complexity index is 357. The summed E-state index contributed by atoms with van der Waals surface area (Å²) in [5.41, 5.74) is 1.95. The Balaban J connectivity index is 2.66. The topological polar surface area (TPSA) is 49.3 Å². The minimum absolute atomic E-state index is 0.579. The van der Waals surface area contributed by atoms with Gasteiger partial charge in [0.15, 0.2) is 0 Å². The van der Waals surface area contributed by atoms with Gasteiger partial charge >= 0.3 is 5.97 Å². The average Bonchev–Trinajstić information content (AvgIpc) is 2.25. The molecular formula is C14H21NO2. The predicted octanol–water partition coefficient (Wildman–Crippen LogP) is 2.76. The highest BCUT2D eigenvalue weighted by molar-refractivity contribution is 5.75. The molecular weight excluding hydrogens is 214 g/mol. The van der Waals surface area contributed by atoms with Gasteiger partial charge in [-0.05, 0) is 31.4 Å². The maximum atomic E-state index is 11.2. The number of carboxylic acids is 1. The smallest absolute Gasteiger partial charge is 0.325 e. The van der Waals surface area contributed by atoms with E-state index in [2.05, 4.69) is 19.2 Å². The Hall–Kier alpha value is -1.35. The molecule has 1 aromatic rings. The van der Waals surface area contributed by atoms with Crippen LogP contribution in [0.15, 0.2) is 24.3 Å². The molecule has 1 rings (SSSR count). The Morgan fingerprint density at radius 2 is 1.88 bits per heavy atom. The number of aliphatic carboxylic acids is 1. The third-order valence-corrected chi connectivity index (χ3v) is 2.73. The lowest BCUT2D eigenvalue weighted by Gasteiger charge is -2.15. The third kappa shape index (κ3) is 4.57. The van der Waals surface area contributed by atoms with Crippen molar-refractivity contribution >= 4 is 5.97 Å². The molecule has 0 heterocycles. The van der Waals surface area contributed by atoms with E-state index in [4.69, 9.17) is 0 Å². The maximum absolute atomic E-state index is 11.2. The van der Waals surface area contributed by atoms with Crippen molar-refractivity contribution in [3.8, 4) is 0 Å². The standard InChI is InChI=1S/C14H21NO2/c1-10(2)8-9-15-13(14(16)17)12-6-4-11(3)5-7-12/h4-7,10,13,15H,8-9H2,1-3H3,(H,16,17). The number of carboxylic acid groups (broad SMARTS) is 1. The zero-order chi connectivity index (χ0) is 12.8. The van der Waals surface area contributed by atoms with Gasteiger partial charge in [-0.3, -0.25) is 4.79 Å². The van der Waals surface area contributed by atoms with Gasteiger partial charge in [0, 0.05) is 0 Å². The molecule has 0 spiro atoms. The van der Waals surface area contributed by atoms with Gasteiger partial charge in [0.1, 0.15) is 6.04 Å². The molecule has 0 fully saturated rings. The number of hydrogen-bond acceptors (Lipinski definition) is 2. The van der Waals surface area contributed by atoms with Crippen LogP contribution >= 0.6 is 0 Å². The van der Waals surface area contributed by atoms with E-state index in [0.29, 0.717) is 5.92 Å². The van der Waals surface area contributed by atoms with E-state index in [1.807, 2.05) is 31.2 Å². The third-order valence-electron chi connectivity index (χ3n) is 2.73. The molecule has 0 saturated carbocycles. The van der Waals surface area contributed by atoms with Gasteiger partial charge in [-0.15, -0.1) is 0 Å². The minimum Gasteiger partial charge on any atom is -0.480 e. The fourth-order valence-corrected chi connectivity index (χ4v) is 1.62. The second-order valence-electron chi connectivity index (χ2n) is 4.82. The van der Waals surface area contributed by atoms with Crippen molar-refractivity contribution in [3.63, 3.8) is 0 Å². The zero-order valence-electron chi connectivity index (χ0n) is 10.7. The molecule has 3 nitrogen and oxygen atoms in total. The normalized spacial score (nSPS) is 12.7. The first-order valence-corrected chi connectivity index (χ1v) is 6.03. The Morgan fingerprint density at radius 3 is 2.35 bits per heavy atom. The van der Waals surface area contributed by atoms with Crippen molar-refractivity contribution in [3.05, 3.63) is 35.4 Å². The van der Waals surface area contributed by atoms with Crippen LogP contribution in [0.1, 0.15) is 37.4 Å². The van der Waals surface area contributed by atoms with Crippen molar-refractivity contribution in [1.82, 2.24) is 5.32 Å². The number of nitrogens with one attached hydrogen (secondary N) is 1. The Labute approximate surface area is 103 Å². The summed E-state index contributed by atoms with van der Waals surface area (Å²) in [5, 5.41) is 12.3. The number of rotatable bonds is 6. The van der Waals surface area contributed by atoms with E-state index < -0.39 is 12.0 Å². The summed E-state index contributed by atoms with van der Waals surface area (Å²) in [6, 6.07) is 7.02. The van der Waals surface area contributed by atoms with Gasteiger partial charge < -0.3 is 10.4 Å². The van der Waals surface area contributed by atoms with E-state index in [-0.39, 0.29) is 0 Å². The molecule has 3 heteroatoms. The van der Waals surface area contributed by atoms with Crippen LogP contribution in [0.25, 0.3) is 0 Å². The molecule has 17 heavy (non-hydrogen) atoms. The van der Waals surface area contributed by atoms with Crippen molar-refractivity contribution in [2.24, 2.45) is 5.92 Å².